The van der Waals surface area contributed by atoms with Crippen molar-refractivity contribution in [1.29, 1.82) is 0 Å². The SMILES string of the molecule is CCSCC(C)NC1CC(C)N(C)CC1C. The van der Waals surface area contributed by atoms with Crippen LogP contribution in [0.4, 0.5) is 0 Å². The second-order valence-electron chi connectivity index (χ2n) is 5.34. The first kappa shape index (κ1) is 14.3. The van der Waals surface area contributed by atoms with E-state index in [-0.39, 0.29) is 0 Å². The van der Waals surface area contributed by atoms with Crippen molar-refractivity contribution in [2.24, 2.45) is 5.92 Å². The summed E-state index contributed by atoms with van der Waals surface area (Å²) >= 11 is 2.03. The van der Waals surface area contributed by atoms with Crippen molar-refractivity contribution >= 4 is 11.8 Å². The van der Waals surface area contributed by atoms with Crippen LogP contribution in [0.1, 0.15) is 34.1 Å². The van der Waals surface area contributed by atoms with Crippen molar-refractivity contribution in [2.45, 2.75) is 52.2 Å². The fraction of sp³-hybridized carbons (Fsp3) is 1.00. The highest BCUT2D eigenvalue weighted by Gasteiger charge is 2.29. The number of nitrogens with one attached hydrogen (secondary N) is 1. The van der Waals surface area contributed by atoms with Crippen molar-refractivity contribution in [3.05, 3.63) is 0 Å². The van der Waals surface area contributed by atoms with Gasteiger partial charge in [-0.25, -0.2) is 0 Å². The Hall–Kier alpha value is 0.270. The lowest BCUT2D eigenvalue weighted by Crippen LogP contribution is -2.53. The smallest absolute Gasteiger partial charge is 0.0132 e. The number of rotatable bonds is 5. The summed E-state index contributed by atoms with van der Waals surface area (Å²) in [6, 6.07) is 2.08. The molecule has 4 unspecified atom stereocenters. The molecule has 0 amide bonds. The van der Waals surface area contributed by atoms with Gasteiger partial charge < -0.3 is 10.2 Å². The summed E-state index contributed by atoms with van der Waals surface area (Å²) < 4.78 is 0. The van der Waals surface area contributed by atoms with E-state index in [4.69, 9.17) is 0 Å². The predicted octanol–water partition coefficient (Wildman–Crippen LogP) is 2.45. The van der Waals surface area contributed by atoms with E-state index in [9.17, 15) is 0 Å². The van der Waals surface area contributed by atoms with Gasteiger partial charge in [-0.3, -0.25) is 0 Å². The maximum absolute atomic E-state index is 3.81. The van der Waals surface area contributed by atoms with Gasteiger partial charge >= 0.3 is 0 Å². The van der Waals surface area contributed by atoms with Gasteiger partial charge in [0.25, 0.3) is 0 Å². The lowest BCUT2D eigenvalue weighted by atomic mass is 9.89. The van der Waals surface area contributed by atoms with Crippen molar-refractivity contribution < 1.29 is 0 Å². The molecule has 0 aliphatic carbocycles. The molecule has 0 saturated carbocycles. The lowest BCUT2D eigenvalue weighted by molar-refractivity contribution is 0.118. The highest BCUT2D eigenvalue weighted by molar-refractivity contribution is 7.99. The lowest BCUT2D eigenvalue weighted by Gasteiger charge is -2.41. The van der Waals surface area contributed by atoms with E-state index in [1.54, 1.807) is 0 Å². The molecule has 3 heteroatoms. The first-order chi connectivity index (χ1) is 7.54. The molecule has 0 radical (unpaired) electrons. The molecule has 0 aromatic carbocycles. The minimum absolute atomic E-state index is 0.646. The van der Waals surface area contributed by atoms with Crippen LogP contribution in [0.25, 0.3) is 0 Å². The van der Waals surface area contributed by atoms with Crippen LogP contribution in [0.15, 0.2) is 0 Å². The first-order valence-electron chi connectivity index (χ1n) is 6.58. The Balaban J connectivity index is 2.35. The predicted molar refractivity (Wildman–Crippen MR) is 75.3 cm³/mol. The van der Waals surface area contributed by atoms with E-state index in [0.29, 0.717) is 12.1 Å². The van der Waals surface area contributed by atoms with Crippen molar-refractivity contribution in [1.82, 2.24) is 10.2 Å². The fourth-order valence-electron chi connectivity index (χ4n) is 2.48. The Morgan fingerprint density at radius 2 is 2.12 bits per heavy atom. The van der Waals surface area contributed by atoms with Gasteiger partial charge in [0.2, 0.25) is 0 Å². The van der Waals surface area contributed by atoms with Crippen LogP contribution < -0.4 is 5.32 Å². The molecule has 1 rings (SSSR count). The topological polar surface area (TPSA) is 15.3 Å². The summed E-state index contributed by atoms with van der Waals surface area (Å²) in [6.07, 6.45) is 1.29. The Bertz CT molecular complexity index is 198. The Morgan fingerprint density at radius 3 is 2.75 bits per heavy atom. The summed E-state index contributed by atoms with van der Waals surface area (Å²) in [5, 5.41) is 3.81. The largest absolute Gasteiger partial charge is 0.310 e. The zero-order valence-corrected chi connectivity index (χ0v) is 12.3. The van der Waals surface area contributed by atoms with Crippen LogP contribution in [0.5, 0.6) is 0 Å². The molecule has 1 fully saturated rings. The van der Waals surface area contributed by atoms with Crippen LogP contribution in [0.2, 0.25) is 0 Å². The summed E-state index contributed by atoms with van der Waals surface area (Å²) in [5.41, 5.74) is 0. The Kier molecular flexibility index (Phi) is 6.16. The number of likely N-dealkylation sites (tertiary alicyclic amines) is 1. The van der Waals surface area contributed by atoms with Crippen molar-refractivity contribution in [3.8, 4) is 0 Å². The van der Waals surface area contributed by atoms with E-state index in [2.05, 4.69) is 45.0 Å². The standard InChI is InChI=1S/C13H28N2S/c1-6-16-9-11(3)14-13-7-12(4)15(5)8-10(13)2/h10-14H,6-9H2,1-5H3. The third kappa shape index (κ3) is 4.27. The third-order valence-electron chi connectivity index (χ3n) is 3.68. The summed E-state index contributed by atoms with van der Waals surface area (Å²) in [7, 11) is 2.24. The van der Waals surface area contributed by atoms with Crippen LogP contribution in [-0.2, 0) is 0 Å². The molecular formula is C13H28N2S. The Labute approximate surface area is 106 Å². The van der Waals surface area contributed by atoms with Gasteiger partial charge in [0.15, 0.2) is 0 Å². The van der Waals surface area contributed by atoms with Crippen LogP contribution in [0, 0.1) is 5.92 Å². The van der Waals surface area contributed by atoms with Gasteiger partial charge in [0.1, 0.15) is 0 Å². The monoisotopic (exact) mass is 244 g/mol. The molecule has 96 valence electrons. The molecular weight excluding hydrogens is 216 g/mol. The highest BCUT2D eigenvalue weighted by Crippen LogP contribution is 2.21. The maximum atomic E-state index is 3.81. The number of thioether (sulfide) groups is 1. The summed E-state index contributed by atoms with van der Waals surface area (Å²) in [4.78, 5) is 2.48. The highest BCUT2D eigenvalue weighted by atomic mass is 32.2. The van der Waals surface area contributed by atoms with E-state index in [0.717, 1.165) is 12.0 Å². The molecule has 0 spiro atoms. The molecule has 1 aliphatic rings. The normalized spacial score (nSPS) is 33.9. The molecule has 16 heavy (non-hydrogen) atoms. The molecule has 1 saturated heterocycles. The second-order valence-corrected chi connectivity index (χ2v) is 6.65. The number of hydrogen-bond acceptors (Lipinski definition) is 3. The van der Waals surface area contributed by atoms with Gasteiger partial charge in [-0.15, -0.1) is 0 Å². The van der Waals surface area contributed by atoms with Gasteiger partial charge in [0.05, 0.1) is 0 Å². The van der Waals surface area contributed by atoms with E-state index in [1.165, 1.54) is 24.5 Å². The van der Waals surface area contributed by atoms with Gasteiger partial charge in [-0.1, -0.05) is 13.8 Å². The number of nitrogens with zero attached hydrogens (tertiary/aromatic N) is 1. The molecule has 2 nitrogen and oxygen atoms in total. The summed E-state index contributed by atoms with van der Waals surface area (Å²) in [5.74, 6) is 3.24. The van der Waals surface area contributed by atoms with Crippen LogP contribution in [0.3, 0.4) is 0 Å². The first-order valence-corrected chi connectivity index (χ1v) is 7.74. The van der Waals surface area contributed by atoms with Gasteiger partial charge in [0, 0.05) is 30.4 Å². The molecule has 1 heterocycles. The third-order valence-corrected chi connectivity index (χ3v) is 4.82. The van der Waals surface area contributed by atoms with Crippen molar-refractivity contribution in [2.75, 3.05) is 25.1 Å². The summed E-state index contributed by atoms with van der Waals surface area (Å²) in [6.45, 7) is 10.5. The minimum Gasteiger partial charge on any atom is -0.310 e. The molecule has 0 aromatic heterocycles. The van der Waals surface area contributed by atoms with Crippen LogP contribution >= 0.6 is 11.8 Å². The minimum atomic E-state index is 0.646. The van der Waals surface area contributed by atoms with E-state index >= 15 is 0 Å². The fourth-order valence-corrected chi connectivity index (χ4v) is 3.17. The van der Waals surface area contributed by atoms with Gasteiger partial charge in [-0.05, 0) is 39.0 Å². The zero-order chi connectivity index (χ0) is 12.1. The van der Waals surface area contributed by atoms with E-state index < -0.39 is 0 Å². The van der Waals surface area contributed by atoms with Gasteiger partial charge in [-0.2, -0.15) is 11.8 Å². The molecule has 4 atom stereocenters. The van der Waals surface area contributed by atoms with Crippen molar-refractivity contribution in [3.63, 3.8) is 0 Å². The van der Waals surface area contributed by atoms with E-state index in [1.807, 2.05) is 11.8 Å². The average molecular weight is 244 g/mol. The maximum Gasteiger partial charge on any atom is 0.0132 e. The molecule has 1 N–H and O–H groups in total. The number of piperidine rings is 1. The Morgan fingerprint density at radius 1 is 1.44 bits per heavy atom. The quantitative estimate of drug-likeness (QED) is 0.800. The molecule has 1 aliphatic heterocycles. The average Bonchev–Trinajstić information content (AvgIpc) is 2.23. The molecule has 0 aromatic rings. The second kappa shape index (κ2) is 6.87. The molecule has 0 bridgehead atoms. The zero-order valence-electron chi connectivity index (χ0n) is 11.5. The number of hydrogen-bond donors (Lipinski definition) is 1. The van der Waals surface area contributed by atoms with Crippen LogP contribution in [-0.4, -0.2) is 48.1 Å².